The molecular weight excluding hydrogens is 288 g/mol. The number of piperidine rings is 1. The highest BCUT2D eigenvalue weighted by atomic mass is 19.1. The molecule has 1 saturated carbocycles. The van der Waals surface area contributed by atoms with Gasteiger partial charge in [-0.3, -0.25) is 4.90 Å². The van der Waals surface area contributed by atoms with E-state index < -0.39 is 11.6 Å². The standard InChI is InChI=1S/C17H23F2NO2/c1-2-22-16-10-15(21)17(16)5-7-20(8-6-17)11-12-3-4-13(18)9-14(12)19/h3-4,9,15-16,21H,2,5-8,10-11H2,1H3. The number of hydrogen-bond donors (Lipinski definition) is 1. The van der Waals surface area contributed by atoms with Crippen LogP contribution in [-0.2, 0) is 11.3 Å². The van der Waals surface area contributed by atoms with Gasteiger partial charge in [0.1, 0.15) is 11.6 Å². The first kappa shape index (κ1) is 15.8. The van der Waals surface area contributed by atoms with Crippen LogP contribution in [0, 0.1) is 17.0 Å². The predicted octanol–water partition coefficient (Wildman–Crippen LogP) is 2.72. The molecule has 3 rings (SSSR count). The van der Waals surface area contributed by atoms with Crippen molar-refractivity contribution >= 4 is 0 Å². The van der Waals surface area contributed by atoms with Crippen molar-refractivity contribution < 1.29 is 18.6 Å². The smallest absolute Gasteiger partial charge is 0.130 e. The minimum atomic E-state index is -0.545. The molecule has 0 bridgehead atoms. The second-order valence-corrected chi connectivity index (χ2v) is 6.44. The Morgan fingerprint density at radius 3 is 2.64 bits per heavy atom. The van der Waals surface area contributed by atoms with Crippen LogP contribution in [0.15, 0.2) is 18.2 Å². The monoisotopic (exact) mass is 311 g/mol. The quantitative estimate of drug-likeness (QED) is 0.928. The predicted molar refractivity (Wildman–Crippen MR) is 79.3 cm³/mol. The molecule has 0 radical (unpaired) electrons. The summed E-state index contributed by atoms with van der Waals surface area (Å²) in [5, 5.41) is 10.2. The van der Waals surface area contributed by atoms with Crippen LogP contribution in [0.3, 0.4) is 0 Å². The van der Waals surface area contributed by atoms with E-state index in [4.69, 9.17) is 4.74 Å². The Morgan fingerprint density at radius 2 is 2.05 bits per heavy atom. The first-order chi connectivity index (χ1) is 10.5. The van der Waals surface area contributed by atoms with Crippen LogP contribution >= 0.6 is 0 Å². The zero-order chi connectivity index (χ0) is 15.7. The van der Waals surface area contributed by atoms with Gasteiger partial charge in [-0.15, -0.1) is 0 Å². The third-order valence-electron chi connectivity index (χ3n) is 5.31. The summed E-state index contributed by atoms with van der Waals surface area (Å²) < 4.78 is 32.4. The summed E-state index contributed by atoms with van der Waals surface area (Å²) in [5.74, 6) is -1.04. The average molecular weight is 311 g/mol. The number of ether oxygens (including phenoxy) is 1. The van der Waals surface area contributed by atoms with Crippen LogP contribution in [0.25, 0.3) is 0 Å². The molecule has 0 aromatic heterocycles. The van der Waals surface area contributed by atoms with Crippen LogP contribution in [0.1, 0.15) is 31.7 Å². The fraction of sp³-hybridized carbons (Fsp3) is 0.647. The molecule has 122 valence electrons. The van der Waals surface area contributed by atoms with Gasteiger partial charge in [0.2, 0.25) is 0 Å². The van der Waals surface area contributed by atoms with E-state index in [2.05, 4.69) is 4.90 Å². The lowest BCUT2D eigenvalue weighted by molar-refractivity contribution is -0.209. The molecule has 3 nitrogen and oxygen atoms in total. The summed E-state index contributed by atoms with van der Waals surface area (Å²) >= 11 is 0. The summed E-state index contributed by atoms with van der Waals surface area (Å²) in [7, 11) is 0. The van der Waals surface area contributed by atoms with Gasteiger partial charge in [-0.05, 0) is 38.9 Å². The van der Waals surface area contributed by atoms with Crippen molar-refractivity contribution in [1.29, 1.82) is 0 Å². The van der Waals surface area contributed by atoms with Gasteiger partial charge in [0.25, 0.3) is 0 Å². The van der Waals surface area contributed by atoms with Gasteiger partial charge in [0.15, 0.2) is 0 Å². The minimum absolute atomic E-state index is 0.117. The number of benzene rings is 1. The third kappa shape index (κ3) is 2.77. The Balaban J connectivity index is 1.60. The van der Waals surface area contributed by atoms with Gasteiger partial charge in [0, 0.05) is 36.6 Å². The van der Waals surface area contributed by atoms with Gasteiger partial charge >= 0.3 is 0 Å². The lowest BCUT2D eigenvalue weighted by Crippen LogP contribution is -2.62. The molecular formula is C17H23F2NO2. The first-order valence-corrected chi connectivity index (χ1v) is 8.01. The van der Waals surface area contributed by atoms with Crippen LogP contribution in [0.5, 0.6) is 0 Å². The molecule has 2 atom stereocenters. The molecule has 2 unspecified atom stereocenters. The molecule has 1 heterocycles. The molecule has 1 N–H and O–H groups in total. The average Bonchev–Trinajstić information content (AvgIpc) is 2.51. The molecule has 2 aliphatic rings. The summed E-state index contributed by atoms with van der Waals surface area (Å²) in [6.45, 7) is 4.74. The normalized spacial score (nSPS) is 27.8. The van der Waals surface area contributed by atoms with Crippen molar-refractivity contribution in [3.63, 3.8) is 0 Å². The van der Waals surface area contributed by atoms with Crippen molar-refractivity contribution in [2.24, 2.45) is 5.41 Å². The fourth-order valence-corrected chi connectivity index (χ4v) is 3.83. The largest absolute Gasteiger partial charge is 0.392 e. The number of aliphatic hydroxyl groups is 1. The molecule has 1 aliphatic carbocycles. The molecule has 1 spiro atoms. The number of nitrogens with zero attached hydrogens (tertiary/aromatic N) is 1. The highest BCUT2D eigenvalue weighted by Gasteiger charge is 2.55. The maximum Gasteiger partial charge on any atom is 0.130 e. The van der Waals surface area contributed by atoms with Crippen molar-refractivity contribution in [3.05, 3.63) is 35.4 Å². The highest BCUT2D eigenvalue weighted by molar-refractivity contribution is 5.18. The molecule has 1 aliphatic heterocycles. The molecule has 1 saturated heterocycles. The Hall–Kier alpha value is -1.04. The van der Waals surface area contributed by atoms with Gasteiger partial charge in [-0.2, -0.15) is 0 Å². The van der Waals surface area contributed by atoms with E-state index in [1.807, 2.05) is 6.92 Å². The Kier molecular flexibility index (Phi) is 4.48. The van der Waals surface area contributed by atoms with E-state index in [1.54, 1.807) is 0 Å². The van der Waals surface area contributed by atoms with Gasteiger partial charge in [-0.25, -0.2) is 8.78 Å². The maximum absolute atomic E-state index is 13.7. The zero-order valence-electron chi connectivity index (χ0n) is 12.9. The lowest BCUT2D eigenvalue weighted by atomic mass is 9.58. The van der Waals surface area contributed by atoms with Crippen molar-refractivity contribution in [2.75, 3.05) is 19.7 Å². The Morgan fingerprint density at radius 1 is 1.32 bits per heavy atom. The van der Waals surface area contributed by atoms with E-state index in [0.29, 0.717) is 18.7 Å². The molecule has 1 aromatic rings. The molecule has 22 heavy (non-hydrogen) atoms. The summed E-state index contributed by atoms with van der Waals surface area (Å²) in [5.41, 5.74) is 0.404. The number of halogens is 2. The molecule has 0 amide bonds. The highest BCUT2D eigenvalue weighted by Crippen LogP contribution is 2.51. The van der Waals surface area contributed by atoms with Gasteiger partial charge in [0.05, 0.1) is 12.2 Å². The topological polar surface area (TPSA) is 32.7 Å². The van der Waals surface area contributed by atoms with E-state index >= 15 is 0 Å². The fourth-order valence-electron chi connectivity index (χ4n) is 3.83. The second kappa shape index (κ2) is 6.22. The second-order valence-electron chi connectivity index (χ2n) is 6.44. The number of rotatable bonds is 4. The van der Waals surface area contributed by atoms with Gasteiger partial charge < -0.3 is 9.84 Å². The van der Waals surface area contributed by atoms with Crippen LogP contribution in [0.2, 0.25) is 0 Å². The Bertz CT molecular complexity index is 527. The molecule has 2 fully saturated rings. The zero-order valence-corrected chi connectivity index (χ0v) is 12.9. The van der Waals surface area contributed by atoms with Crippen molar-refractivity contribution in [1.82, 2.24) is 4.90 Å². The molecule has 5 heteroatoms. The van der Waals surface area contributed by atoms with E-state index in [1.165, 1.54) is 12.1 Å². The summed E-state index contributed by atoms with van der Waals surface area (Å²) in [6, 6.07) is 3.74. The van der Waals surface area contributed by atoms with Gasteiger partial charge in [-0.1, -0.05) is 6.07 Å². The van der Waals surface area contributed by atoms with Crippen molar-refractivity contribution in [3.8, 4) is 0 Å². The summed E-state index contributed by atoms with van der Waals surface area (Å²) in [6.07, 6.45) is 2.31. The Labute approximate surface area is 129 Å². The minimum Gasteiger partial charge on any atom is -0.392 e. The van der Waals surface area contributed by atoms with E-state index in [9.17, 15) is 13.9 Å². The van der Waals surface area contributed by atoms with E-state index in [-0.39, 0.29) is 17.6 Å². The third-order valence-corrected chi connectivity index (χ3v) is 5.31. The van der Waals surface area contributed by atoms with Crippen molar-refractivity contribution in [2.45, 2.75) is 44.9 Å². The van der Waals surface area contributed by atoms with Crippen LogP contribution in [0.4, 0.5) is 8.78 Å². The number of aliphatic hydroxyl groups excluding tert-OH is 1. The summed E-state index contributed by atoms with van der Waals surface area (Å²) in [4.78, 5) is 2.16. The number of likely N-dealkylation sites (tertiary alicyclic amines) is 1. The van der Waals surface area contributed by atoms with Crippen LogP contribution < -0.4 is 0 Å². The maximum atomic E-state index is 13.7. The van der Waals surface area contributed by atoms with Crippen LogP contribution in [-0.4, -0.2) is 41.9 Å². The molecule has 1 aromatic carbocycles. The lowest BCUT2D eigenvalue weighted by Gasteiger charge is -2.56. The SMILES string of the molecule is CCOC1CC(O)C12CCN(Cc1ccc(F)cc1F)CC2. The number of hydrogen-bond acceptors (Lipinski definition) is 3. The first-order valence-electron chi connectivity index (χ1n) is 8.01. The van der Waals surface area contributed by atoms with E-state index in [0.717, 1.165) is 38.4 Å².